The van der Waals surface area contributed by atoms with E-state index in [9.17, 15) is 9.18 Å². The first-order valence-corrected chi connectivity index (χ1v) is 9.47. The zero-order valence-electron chi connectivity index (χ0n) is 16.0. The summed E-state index contributed by atoms with van der Waals surface area (Å²) in [6.45, 7) is 4.41. The number of ether oxygens (including phenoxy) is 1. The number of likely N-dealkylation sites (tertiary alicyclic amines) is 1. The lowest BCUT2D eigenvalue weighted by molar-refractivity contribution is -0.127. The first-order valence-electron chi connectivity index (χ1n) is 9.47. The third kappa shape index (κ3) is 5.07. The van der Waals surface area contributed by atoms with Crippen LogP contribution in [0.3, 0.4) is 0 Å². The van der Waals surface area contributed by atoms with Crippen molar-refractivity contribution >= 4 is 5.91 Å². The number of hydrogen-bond donors (Lipinski definition) is 1. The minimum atomic E-state index is -0.222. The molecule has 1 amide bonds. The van der Waals surface area contributed by atoms with E-state index in [2.05, 4.69) is 10.2 Å². The molecule has 1 aliphatic heterocycles. The SMILES string of the molecule is COc1ccccc1[C@@H](C)NC(=O)[C@@H]1CCCN(Cc2ccc(F)cc2)C1. The number of hydrogen-bond acceptors (Lipinski definition) is 3. The van der Waals surface area contributed by atoms with Crippen LogP contribution in [0.4, 0.5) is 4.39 Å². The number of para-hydroxylation sites is 1. The summed E-state index contributed by atoms with van der Waals surface area (Å²) in [6, 6.07) is 14.2. The summed E-state index contributed by atoms with van der Waals surface area (Å²) >= 11 is 0. The maximum absolute atomic E-state index is 13.1. The molecular formula is C22H27FN2O2. The van der Waals surface area contributed by atoms with E-state index < -0.39 is 0 Å². The molecule has 144 valence electrons. The molecule has 2 aromatic carbocycles. The zero-order chi connectivity index (χ0) is 19.2. The minimum Gasteiger partial charge on any atom is -0.496 e. The molecule has 1 saturated heterocycles. The fourth-order valence-electron chi connectivity index (χ4n) is 3.69. The highest BCUT2D eigenvalue weighted by molar-refractivity contribution is 5.79. The lowest BCUT2D eigenvalue weighted by Crippen LogP contribution is -2.43. The van der Waals surface area contributed by atoms with Gasteiger partial charge in [0.1, 0.15) is 11.6 Å². The van der Waals surface area contributed by atoms with E-state index in [4.69, 9.17) is 4.74 Å². The fraction of sp³-hybridized carbons (Fsp3) is 0.409. The van der Waals surface area contributed by atoms with E-state index in [0.29, 0.717) is 0 Å². The van der Waals surface area contributed by atoms with Gasteiger partial charge >= 0.3 is 0 Å². The number of carbonyl (C=O) groups excluding carboxylic acids is 1. The molecule has 1 N–H and O–H groups in total. The van der Waals surface area contributed by atoms with Crippen LogP contribution < -0.4 is 10.1 Å². The van der Waals surface area contributed by atoms with Crippen molar-refractivity contribution in [2.45, 2.75) is 32.4 Å². The van der Waals surface area contributed by atoms with Gasteiger partial charge in [0.05, 0.1) is 19.1 Å². The number of amides is 1. The predicted molar refractivity (Wildman–Crippen MR) is 104 cm³/mol. The maximum atomic E-state index is 13.1. The standard InChI is InChI=1S/C22H27FN2O2/c1-16(20-7-3-4-8-21(20)27-2)24-22(26)18-6-5-13-25(15-18)14-17-9-11-19(23)12-10-17/h3-4,7-12,16,18H,5-6,13-15H2,1-2H3,(H,24,26)/t16-,18-/m1/s1. The van der Waals surface area contributed by atoms with Crippen LogP contribution in [0.25, 0.3) is 0 Å². The molecular weight excluding hydrogens is 343 g/mol. The van der Waals surface area contributed by atoms with Crippen molar-refractivity contribution in [1.29, 1.82) is 0 Å². The first-order chi connectivity index (χ1) is 13.1. The van der Waals surface area contributed by atoms with Crippen molar-refractivity contribution in [3.05, 3.63) is 65.5 Å². The van der Waals surface area contributed by atoms with Crippen LogP contribution in [0, 0.1) is 11.7 Å². The van der Waals surface area contributed by atoms with Gasteiger partial charge in [-0.25, -0.2) is 4.39 Å². The van der Waals surface area contributed by atoms with Crippen LogP contribution in [-0.4, -0.2) is 31.0 Å². The van der Waals surface area contributed by atoms with E-state index in [0.717, 1.165) is 49.4 Å². The summed E-state index contributed by atoms with van der Waals surface area (Å²) in [4.78, 5) is 15.1. The highest BCUT2D eigenvalue weighted by atomic mass is 19.1. The van der Waals surface area contributed by atoms with E-state index in [-0.39, 0.29) is 23.7 Å². The van der Waals surface area contributed by atoms with Crippen molar-refractivity contribution in [3.63, 3.8) is 0 Å². The Bertz CT molecular complexity index is 763. The summed E-state index contributed by atoms with van der Waals surface area (Å²) in [7, 11) is 1.64. The second kappa shape index (κ2) is 9.00. The number of halogens is 1. The number of nitrogens with one attached hydrogen (secondary N) is 1. The normalized spacial score (nSPS) is 18.7. The number of rotatable bonds is 6. The molecule has 0 bridgehead atoms. The lowest BCUT2D eigenvalue weighted by Gasteiger charge is -2.32. The minimum absolute atomic E-state index is 0.0312. The summed E-state index contributed by atoms with van der Waals surface area (Å²) in [5.74, 6) is 0.612. The first kappa shape index (κ1) is 19.4. The van der Waals surface area contributed by atoms with Crippen LogP contribution in [0.2, 0.25) is 0 Å². The van der Waals surface area contributed by atoms with Gasteiger partial charge in [-0.2, -0.15) is 0 Å². The summed E-state index contributed by atoms with van der Waals surface area (Å²) < 4.78 is 18.5. The molecule has 2 atom stereocenters. The van der Waals surface area contributed by atoms with Gasteiger partial charge < -0.3 is 10.1 Å². The molecule has 1 heterocycles. The quantitative estimate of drug-likeness (QED) is 0.838. The Labute approximate surface area is 160 Å². The van der Waals surface area contributed by atoms with Crippen LogP contribution in [0.5, 0.6) is 5.75 Å². The highest BCUT2D eigenvalue weighted by Gasteiger charge is 2.27. The van der Waals surface area contributed by atoms with Gasteiger partial charge in [0.2, 0.25) is 5.91 Å². The van der Waals surface area contributed by atoms with Gasteiger partial charge in [0.15, 0.2) is 0 Å². The van der Waals surface area contributed by atoms with E-state index in [1.165, 1.54) is 12.1 Å². The zero-order valence-corrected chi connectivity index (χ0v) is 16.0. The number of methoxy groups -OCH3 is 1. The van der Waals surface area contributed by atoms with Crippen molar-refractivity contribution in [3.8, 4) is 5.75 Å². The Hall–Kier alpha value is -2.40. The molecule has 0 radical (unpaired) electrons. The average molecular weight is 370 g/mol. The predicted octanol–water partition coefficient (Wildman–Crippen LogP) is 3.92. The van der Waals surface area contributed by atoms with Gasteiger partial charge in [-0.05, 0) is 50.1 Å². The Morgan fingerprint density at radius 2 is 2.00 bits per heavy atom. The molecule has 27 heavy (non-hydrogen) atoms. The molecule has 0 spiro atoms. The number of carbonyl (C=O) groups is 1. The van der Waals surface area contributed by atoms with Gasteiger partial charge in [0.25, 0.3) is 0 Å². The maximum Gasteiger partial charge on any atom is 0.224 e. The van der Waals surface area contributed by atoms with E-state index in [1.54, 1.807) is 7.11 Å². The van der Waals surface area contributed by atoms with Gasteiger partial charge in [-0.3, -0.25) is 9.69 Å². The second-order valence-electron chi connectivity index (χ2n) is 7.17. The highest BCUT2D eigenvalue weighted by Crippen LogP contribution is 2.26. The van der Waals surface area contributed by atoms with Gasteiger partial charge in [-0.1, -0.05) is 30.3 Å². The number of benzene rings is 2. The molecule has 0 aliphatic carbocycles. The van der Waals surface area contributed by atoms with Crippen LogP contribution in [0.15, 0.2) is 48.5 Å². The third-order valence-corrected chi connectivity index (χ3v) is 5.16. The number of piperidine rings is 1. The smallest absolute Gasteiger partial charge is 0.224 e. The summed E-state index contributed by atoms with van der Waals surface area (Å²) in [5.41, 5.74) is 2.05. The van der Waals surface area contributed by atoms with Crippen molar-refractivity contribution in [1.82, 2.24) is 10.2 Å². The molecule has 4 nitrogen and oxygen atoms in total. The largest absolute Gasteiger partial charge is 0.496 e. The van der Waals surface area contributed by atoms with Gasteiger partial charge in [0, 0.05) is 18.7 Å². The molecule has 0 unspecified atom stereocenters. The Kier molecular flexibility index (Phi) is 6.45. The van der Waals surface area contributed by atoms with E-state index in [1.807, 2.05) is 43.3 Å². The molecule has 1 fully saturated rings. The summed E-state index contributed by atoms with van der Waals surface area (Å²) in [5, 5.41) is 3.14. The Morgan fingerprint density at radius 1 is 1.26 bits per heavy atom. The lowest BCUT2D eigenvalue weighted by atomic mass is 9.95. The molecule has 0 aromatic heterocycles. The molecule has 3 rings (SSSR count). The van der Waals surface area contributed by atoms with Crippen molar-refractivity contribution in [2.24, 2.45) is 5.92 Å². The fourth-order valence-corrected chi connectivity index (χ4v) is 3.69. The van der Waals surface area contributed by atoms with Crippen LogP contribution in [-0.2, 0) is 11.3 Å². The van der Waals surface area contributed by atoms with Crippen LogP contribution >= 0.6 is 0 Å². The number of nitrogens with zero attached hydrogens (tertiary/aromatic N) is 1. The molecule has 5 heteroatoms. The van der Waals surface area contributed by atoms with E-state index >= 15 is 0 Å². The van der Waals surface area contributed by atoms with Crippen molar-refractivity contribution in [2.75, 3.05) is 20.2 Å². The average Bonchev–Trinajstić information content (AvgIpc) is 2.70. The Morgan fingerprint density at radius 3 is 2.74 bits per heavy atom. The topological polar surface area (TPSA) is 41.6 Å². The monoisotopic (exact) mass is 370 g/mol. The Balaban J connectivity index is 1.58. The third-order valence-electron chi connectivity index (χ3n) is 5.16. The molecule has 2 aromatic rings. The molecule has 0 saturated carbocycles. The second-order valence-corrected chi connectivity index (χ2v) is 7.17. The van der Waals surface area contributed by atoms with Gasteiger partial charge in [-0.15, -0.1) is 0 Å². The summed E-state index contributed by atoms with van der Waals surface area (Å²) in [6.07, 6.45) is 1.88. The van der Waals surface area contributed by atoms with Crippen LogP contribution in [0.1, 0.15) is 36.9 Å². The molecule has 1 aliphatic rings. The van der Waals surface area contributed by atoms with Crippen molar-refractivity contribution < 1.29 is 13.9 Å².